The molecule has 21 heavy (non-hydrogen) atoms. The second-order valence-corrected chi connectivity index (χ2v) is 6.84. The van der Waals surface area contributed by atoms with Gasteiger partial charge in [0.25, 0.3) is 5.91 Å². The molecule has 2 aliphatic rings. The lowest BCUT2D eigenvalue weighted by Crippen LogP contribution is -2.54. The van der Waals surface area contributed by atoms with Gasteiger partial charge in [0.05, 0.1) is 18.8 Å². The molecule has 0 spiro atoms. The summed E-state index contributed by atoms with van der Waals surface area (Å²) in [6, 6.07) is 3.94. The number of ether oxygens (including phenoxy) is 1. The smallest absolute Gasteiger partial charge is 0.254 e. The Bertz CT molecular complexity index is 559. The molecule has 5 heteroatoms. The van der Waals surface area contributed by atoms with Crippen LogP contribution in [0.15, 0.2) is 16.6 Å². The van der Waals surface area contributed by atoms with Crippen molar-refractivity contribution in [1.29, 1.82) is 0 Å². The minimum absolute atomic E-state index is 0.0840. The summed E-state index contributed by atoms with van der Waals surface area (Å²) in [7, 11) is 0. The Hall–Kier alpha value is -1.07. The Kier molecular flexibility index (Phi) is 4.22. The molecule has 3 rings (SSSR count). The number of hydrogen-bond donors (Lipinski definition) is 1. The number of nitrogens with two attached hydrogens (primary N) is 1. The highest BCUT2D eigenvalue weighted by molar-refractivity contribution is 9.10. The average Bonchev–Trinajstić information content (AvgIpc) is 2.49. The lowest BCUT2D eigenvalue weighted by atomic mass is 9.89. The number of amides is 1. The van der Waals surface area contributed by atoms with Crippen LogP contribution < -0.4 is 5.73 Å². The van der Waals surface area contributed by atoms with E-state index in [9.17, 15) is 4.79 Å². The number of nitrogen functional groups attached to an aromatic ring is 1. The minimum atomic E-state index is 0.0840. The standard InChI is InChI=1S/C16H21BrN2O2/c1-10-12(8-11(17)9-13(10)18)16(20)19-6-7-21-15-5-3-2-4-14(15)19/h8-9,14-15H,2-7,18H2,1H3. The molecule has 114 valence electrons. The summed E-state index contributed by atoms with van der Waals surface area (Å²) in [5, 5.41) is 0. The monoisotopic (exact) mass is 352 g/mol. The van der Waals surface area contributed by atoms with E-state index in [-0.39, 0.29) is 18.1 Å². The average molecular weight is 353 g/mol. The van der Waals surface area contributed by atoms with Crippen molar-refractivity contribution >= 4 is 27.5 Å². The molecule has 1 saturated carbocycles. The number of halogens is 1. The van der Waals surface area contributed by atoms with Crippen molar-refractivity contribution in [3.8, 4) is 0 Å². The molecule has 1 amide bonds. The molecule has 2 atom stereocenters. The summed E-state index contributed by atoms with van der Waals surface area (Å²) < 4.78 is 6.70. The van der Waals surface area contributed by atoms with Crippen LogP contribution in [0, 0.1) is 6.92 Å². The predicted molar refractivity (Wildman–Crippen MR) is 86.3 cm³/mol. The fraction of sp³-hybridized carbons (Fsp3) is 0.562. The molecule has 0 bridgehead atoms. The highest BCUT2D eigenvalue weighted by Gasteiger charge is 2.37. The van der Waals surface area contributed by atoms with Crippen LogP contribution in [0.4, 0.5) is 5.69 Å². The van der Waals surface area contributed by atoms with Crippen LogP contribution in [0.3, 0.4) is 0 Å². The molecular formula is C16H21BrN2O2. The number of hydrogen-bond acceptors (Lipinski definition) is 3. The molecule has 2 unspecified atom stereocenters. The molecule has 1 aliphatic carbocycles. The molecule has 0 radical (unpaired) electrons. The topological polar surface area (TPSA) is 55.6 Å². The maximum Gasteiger partial charge on any atom is 0.254 e. The lowest BCUT2D eigenvalue weighted by Gasteiger charge is -2.44. The Labute approximate surface area is 133 Å². The summed E-state index contributed by atoms with van der Waals surface area (Å²) >= 11 is 3.43. The van der Waals surface area contributed by atoms with Gasteiger partial charge in [-0.1, -0.05) is 28.8 Å². The number of fused-ring (bicyclic) bond motifs is 1. The predicted octanol–water partition coefficient (Wildman–Crippen LogP) is 3.12. The molecule has 2 N–H and O–H groups in total. The van der Waals surface area contributed by atoms with E-state index >= 15 is 0 Å². The van der Waals surface area contributed by atoms with E-state index in [0.717, 1.165) is 22.9 Å². The Morgan fingerprint density at radius 2 is 2.14 bits per heavy atom. The first kappa shape index (κ1) is 14.9. The van der Waals surface area contributed by atoms with Gasteiger partial charge < -0.3 is 15.4 Å². The van der Waals surface area contributed by atoms with Crippen molar-refractivity contribution in [2.45, 2.75) is 44.8 Å². The molecular weight excluding hydrogens is 332 g/mol. The van der Waals surface area contributed by atoms with Gasteiger partial charge in [0.1, 0.15) is 0 Å². The van der Waals surface area contributed by atoms with Crippen molar-refractivity contribution in [2.75, 3.05) is 18.9 Å². The third kappa shape index (κ3) is 2.81. The maximum absolute atomic E-state index is 13.0. The van der Waals surface area contributed by atoms with Gasteiger partial charge in [-0.2, -0.15) is 0 Å². The second-order valence-electron chi connectivity index (χ2n) is 5.93. The number of benzene rings is 1. The number of carbonyl (C=O) groups excluding carboxylic acids is 1. The number of carbonyl (C=O) groups is 1. The molecule has 0 aromatic heterocycles. The van der Waals surface area contributed by atoms with Gasteiger partial charge in [-0.25, -0.2) is 0 Å². The van der Waals surface area contributed by atoms with Gasteiger partial charge in [0.2, 0.25) is 0 Å². The van der Waals surface area contributed by atoms with E-state index < -0.39 is 0 Å². The van der Waals surface area contributed by atoms with Crippen LogP contribution in [-0.4, -0.2) is 36.1 Å². The normalized spacial score (nSPS) is 25.5. The zero-order valence-electron chi connectivity index (χ0n) is 12.3. The van der Waals surface area contributed by atoms with E-state index in [1.165, 1.54) is 12.8 Å². The Morgan fingerprint density at radius 3 is 2.95 bits per heavy atom. The van der Waals surface area contributed by atoms with Crippen LogP contribution in [0.2, 0.25) is 0 Å². The number of anilines is 1. The summed E-state index contributed by atoms with van der Waals surface area (Å²) in [6.07, 6.45) is 4.69. The van der Waals surface area contributed by atoms with E-state index in [1.54, 1.807) is 0 Å². The first-order valence-corrected chi connectivity index (χ1v) is 8.35. The SMILES string of the molecule is Cc1c(N)cc(Br)cc1C(=O)N1CCOC2CCCCC21. The van der Waals surface area contributed by atoms with E-state index in [0.29, 0.717) is 24.4 Å². The minimum Gasteiger partial charge on any atom is -0.398 e. The van der Waals surface area contributed by atoms with Gasteiger partial charge in [-0.05, 0) is 37.5 Å². The Balaban J connectivity index is 1.90. The van der Waals surface area contributed by atoms with Crippen LogP contribution >= 0.6 is 15.9 Å². The van der Waals surface area contributed by atoms with Crippen molar-refractivity contribution in [3.63, 3.8) is 0 Å². The molecule has 1 saturated heterocycles. The van der Waals surface area contributed by atoms with Crippen molar-refractivity contribution < 1.29 is 9.53 Å². The van der Waals surface area contributed by atoms with Crippen LogP contribution in [0.25, 0.3) is 0 Å². The third-order valence-electron chi connectivity index (χ3n) is 4.64. The van der Waals surface area contributed by atoms with E-state index in [4.69, 9.17) is 10.5 Å². The van der Waals surface area contributed by atoms with Crippen LogP contribution in [-0.2, 0) is 4.74 Å². The zero-order chi connectivity index (χ0) is 15.0. The molecule has 1 heterocycles. The summed E-state index contributed by atoms with van der Waals surface area (Å²) in [5.74, 6) is 0.0840. The maximum atomic E-state index is 13.0. The van der Waals surface area contributed by atoms with Gasteiger partial charge in [0, 0.05) is 22.3 Å². The first-order valence-electron chi connectivity index (χ1n) is 7.56. The number of morpholine rings is 1. The summed E-state index contributed by atoms with van der Waals surface area (Å²) in [6.45, 7) is 3.22. The van der Waals surface area contributed by atoms with Crippen molar-refractivity contribution in [1.82, 2.24) is 4.90 Å². The quantitative estimate of drug-likeness (QED) is 0.790. The van der Waals surface area contributed by atoms with Crippen LogP contribution in [0.5, 0.6) is 0 Å². The zero-order valence-corrected chi connectivity index (χ0v) is 13.9. The van der Waals surface area contributed by atoms with Crippen molar-refractivity contribution in [3.05, 3.63) is 27.7 Å². The number of rotatable bonds is 1. The fourth-order valence-corrected chi connectivity index (χ4v) is 3.90. The highest BCUT2D eigenvalue weighted by atomic mass is 79.9. The van der Waals surface area contributed by atoms with Crippen molar-refractivity contribution in [2.24, 2.45) is 0 Å². The second kappa shape index (κ2) is 5.97. The van der Waals surface area contributed by atoms with Gasteiger partial charge in [0.15, 0.2) is 0 Å². The van der Waals surface area contributed by atoms with Crippen LogP contribution in [0.1, 0.15) is 41.6 Å². The molecule has 1 aliphatic heterocycles. The van der Waals surface area contributed by atoms with E-state index in [1.807, 2.05) is 24.0 Å². The molecule has 1 aromatic carbocycles. The van der Waals surface area contributed by atoms with Gasteiger partial charge in [-0.15, -0.1) is 0 Å². The number of nitrogens with zero attached hydrogens (tertiary/aromatic N) is 1. The first-order chi connectivity index (χ1) is 10.1. The molecule has 4 nitrogen and oxygen atoms in total. The molecule has 1 aromatic rings. The summed E-state index contributed by atoms with van der Waals surface area (Å²) in [4.78, 5) is 15.0. The highest BCUT2D eigenvalue weighted by Crippen LogP contribution is 2.31. The summed E-state index contributed by atoms with van der Waals surface area (Å²) in [5.41, 5.74) is 8.21. The lowest BCUT2D eigenvalue weighted by molar-refractivity contribution is -0.0753. The largest absolute Gasteiger partial charge is 0.398 e. The van der Waals surface area contributed by atoms with Gasteiger partial charge in [-0.3, -0.25) is 4.79 Å². The fourth-order valence-electron chi connectivity index (χ4n) is 3.43. The Morgan fingerprint density at radius 1 is 1.38 bits per heavy atom. The third-order valence-corrected chi connectivity index (χ3v) is 5.09. The van der Waals surface area contributed by atoms with Gasteiger partial charge >= 0.3 is 0 Å². The van der Waals surface area contributed by atoms with E-state index in [2.05, 4.69) is 15.9 Å². The molecule has 2 fully saturated rings.